The number of nitrogens with zero attached hydrogens (tertiary/aromatic N) is 3. The molecule has 0 radical (unpaired) electrons. The van der Waals surface area contributed by atoms with Crippen molar-refractivity contribution in [1.82, 2.24) is 15.0 Å². The molecular formula is C20H18FN3O3. The maximum absolute atomic E-state index is 13.1. The molecular weight excluding hydrogens is 349 g/mol. The molecule has 6 nitrogen and oxygen atoms in total. The molecule has 1 atom stereocenters. The minimum atomic E-state index is -0.361. The molecule has 138 valence electrons. The number of aromatic nitrogens is 2. The van der Waals surface area contributed by atoms with E-state index in [1.165, 1.54) is 24.3 Å². The van der Waals surface area contributed by atoms with Gasteiger partial charge in [-0.3, -0.25) is 4.79 Å². The highest BCUT2D eigenvalue weighted by atomic mass is 19.1. The maximum Gasteiger partial charge on any atom is 0.359 e. The molecule has 0 aliphatic carbocycles. The summed E-state index contributed by atoms with van der Waals surface area (Å²) in [5.74, 6) is 0.544. The summed E-state index contributed by atoms with van der Waals surface area (Å²) in [6.45, 7) is 1.12. The first-order valence-corrected chi connectivity index (χ1v) is 8.80. The smallest absolute Gasteiger partial charge is 0.359 e. The summed E-state index contributed by atoms with van der Waals surface area (Å²) in [6, 6.07) is 15.0. The summed E-state index contributed by atoms with van der Waals surface area (Å²) < 4.78 is 24.0. The molecule has 0 unspecified atom stereocenters. The maximum atomic E-state index is 13.1. The zero-order valence-electron chi connectivity index (χ0n) is 14.5. The van der Waals surface area contributed by atoms with E-state index in [1.54, 1.807) is 17.0 Å². The van der Waals surface area contributed by atoms with Gasteiger partial charge in [0, 0.05) is 18.7 Å². The molecule has 0 bridgehead atoms. The largest absolute Gasteiger partial charge is 0.422 e. The van der Waals surface area contributed by atoms with Crippen molar-refractivity contribution in [2.24, 2.45) is 0 Å². The van der Waals surface area contributed by atoms with E-state index in [2.05, 4.69) is 10.1 Å². The molecule has 1 saturated heterocycles. The fraction of sp³-hybridized carbons (Fsp3) is 0.250. The number of carbonyl (C=O) groups excluding carboxylic acids is 1. The molecule has 27 heavy (non-hydrogen) atoms. The Kier molecular flexibility index (Phi) is 4.82. The number of halogens is 1. The lowest BCUT2D eigenvalue weighted by Gasteiger charge is -2.31. The quantitative estimate of drug-likeness (QED) is 0.697. The van der Waals surface area contributed by atoms with Crippen LogP contribution in [0, 0.1) is 5.82 Å². The molecule has 0 spiro atoms. The molecule has 0 saturated carbocycles. The van der Waals surface area contributed by atoms with E-state index in [9.17, 15) is 9.18 Å². The lowest BCUT2D eigenvalue weighted by Crippen LogP contribution is -2.39. The average molecular weight is 367 g/mol. The van der Waals surface area contributed by atoms with Gasteiger partial charge in [0.05, 0.1) is 5.92 Å². The third-order valence-electron chi connectivity index (χ3n) is 4.52. The van der Waals surface area contributed by atoms with Gasteiger partial charge in [0.15, 0.2) is 0 Å². The van der Waals surface area contributed by atoms with Crippen LogP contribution in [0.5, 0.6) is 11.8 Å². The Bertz CT molecular complexity index is 912. The van der Waals surface area contributed by atoms with Crippen LogP contribution in [-0.4, -0.2) is 34.0 Å². The van der Waals surface area contributed by atoms with Crippen LogP contribution in [0.15, 0.2) is 59.1 Å². The zero-order chi connectivity index (χ0) is 18.6. The lowest BCUT2D eigenvalue weighted by molar-refractivity contribution is 0.0695. The topological polar surface area (TPSA) is 68.5 Å². The number of ether oxygens (including phenoxy) is 1. The molecule has 1 amide bonds. The number of rotatable bonds is 4. The van der Waals surface area contributed by atoms with Crippen LogP contribution < -0.4 is 4.74 Å². The minimum absolute atomic E-state index is 0.0521. The molecule has 1 aliphatic rings. The third-order valence-corrected chi connectivity index (χ3v) is 4.52. The molecule has 2 aromatic carbocycles. The molecule has 3 aromatic rings. The predicted molar refractivity (Wildman–Crippen MR) is 95.1 cm³/mol. The van der Waals surface area contributed by atoms with E-state index in [0.717, 1.165) is 12.8 Å². The number of piperidine rings is 1. The van der Waals surface area contributed by atoms with Crippen LogP contribution in [0.1, 0.15) is 35.0 Å². The first-order valence-electron chi connectivity index (χ1n) is 8.80. The van der Waals surface area contributed by atoms with Crippen molar-refractivity contribution in [3.05, 3.63) is 71.9 Å². The van der Waals surface area contributed by atoms with Crippen LogP contribution >= 0.6 is 0 Å². The van der Waals surface area contributed by atoms with E-state index >= 15 is 0 Å². The van der Waals surface area contributed by atoms with Gasteiger partial charge in [-0.15, -0.1) is 0 Å². The second-order valence-electron chi connectivity index (χ2n) is 6.43. The molecule has 4 rings (SSSR count). The van der Waals surface area contributed by atoms with Gasteiger partial charge in [0.25, 0.3) is 5.91 Å². The summed E-state index contributed by atoms with van der Waals surface area (Å²) in [4.78, 5) is 18.7. The van der Waals surface area contributed by atoms with Crippen molar-refractivity contribution in [2.75, 3.05) is 13.1 Å². The fourth-order valence-corrected chi connectivity index (χ4v) is 3.16. The van der Waals surface area contributed by atoms with E-state index in [4.69, 9.17) is 9.26 Å². The van der Waals surface area contributed by atoms with Gasteiger partial charge in [-0.2, -0.15) is 4.98 Å². The Balaban J connectivity index is 1.44. The van der Waals surface area contributed by atoms with Gasteiger partial charge in [0.2, 0.25) is 5.89 Å². The monoisotopic (exact) mass is 367 g/mol. The van der Waals surface area contributed by atoms with Crippen LogP contribution in [0.2, 0.25) is 0 Å². The van der Waals surface area contributed by atoms with E-state index < -0.39 is 0 Å². The standard InChI is InChI=1S/C20H18FN3O3/c21-16-10-8-14(9-11-16)19(25)24-12-4-5-15(13-24)18-22-20(23-27-18)26-17-6-2-1-3-7-17/h1-3,6-11,15H,4-5,12-13H2/t15-/m0/s1. The fourth-order valence-electron chi connectivity index (χ4n) is 3.16. The number of likely N-dealkylation sites (tertiary alicyclic amines) is 1. The molecule has 0 N–H and O–H groups in total. The number of para-hydroxylation sites is 1. The molecule has 2 heterocycles. The Hall–Kier alpha value is -3.22. The first kappa shape index (κ1) is 17.2. The average Bonchev–Trinajstić information content (AvgIpc) is 3.17. The predicted octanol–water partition coefficient (Wildman–Crippen LogP) is 4.02. The van der Waals surface area contributed by atoms with Crippen molar-refractivity contribution >= 4 is 5.91 Å². The van der Waals surface area contributed by atoms with Crippen LogP contribution in [0.25, 0.3) is 0 Å². The van der Waals surface area contributed by atoms with Crippen molar-refractivity contribution < 1.29 is 18.4 Å². The second kappa shape index (κ2) is 7.57. The van der Waals surface area contributed by atoms with Gasteiger partial charge >= 0.3 is 6.01 Å². The molecule has 7 heteroatoms. The van der Waals surface area contributed by atoms with Crippen molar-refractivity contribution in [2.45, 2.75) is 18.8 Å². The van der Waals surface area contributed by atoms with Gasteiger partial charge in [-0.25, -0.2) is 4.39 Å². The Morgan fingerprint density at radius 3 is 2.70 bits per heavy atom. The number of amides is 1. The van der Waals surface area contributed by atoms with E-state index in [0.29, 0.717) is 30.3 Å². The molecule has 1 aromatic heterocycles. The highest BCUT2D eigenvalue weighted by molar-refractivity contribution is 5.94. The summed E-state index contributed by atoms with van der Waals surface area (Å²) in [5.41, 5.74) is 0.468. The molecule has 1 fully saturated rings. The van der Waals surface area contributed by atoms with Gasteiger partial charge in [0.1, 0.15) is 11.6 Å². The third kappa shape index (κ3) is 3.97. The lowest BCUT2D eigenvalue weighted by atomic mass is 9.97. The highest BCUT2D eigenvalue weighted by Crippen LogP contribution is 2.28. The van der Waals surface area contributed by atoms with Crippen LogP contribution in [0.3, 0.4) is 0 Å². The number of hydrogen-bond donors (Lipinski definition) is 0. The first-order chi connectivity index (χ1) is 13.2. The van der Waals surface area contributed by atoms with E-state index in [1.807, 2.05) is 18.2 Å². The number of carbonyl (C=O) groups is 1. The Morgan fingerprint density at radius 2 is 1.93 bits per heavy atom. The van der Waals surface area contributed by atoms with Gasteiger partial charge in [-0.05, 0) is 54.4 Å². The van der Waals surface area contributed by atoms with Crippen molar-refractivity contribution in [1.29, 1.82) is 0 Å². The van der Waals surface area contributed by atoms with Crippen molar-refractivity contribution in [3.63, 3.8) is 0 Å². The molecule has 1 aliphatic heterocycles. The highest BCUT2D eigenvalue weighted by Gasteiger charge is 2.29. The Labute approximate surface area is 155 Å². The summed E-state index contributed by atoms with van der Waals surface area (Å²) in [5, 5.41) is 3.87. The van der Waals surface area contributed by atoms with Gasteiger partial charge in [-0.1, -0.05) is 18.2 Å². The zero-order valence-corrected chi connectivity index (χ0v) is 14.5. The number of benzene rings is 2. The normalized spacial score (nSPS) is 16.9. The minimum Gasteiger partial charge on any atom is -0.422 e. The SMILES string of the molecule is O=C(c1ccc(F)cc1)N1CCC[C@H](c2nc(Oc3ccccc3)no2)C1. The Morgan fingerprint density at radius 1 is 1.15 bits per heavy atom. The van der Waals surface area contributed by atoms with Crippen molar-refractivity contribution in [3.8, 4) is 11.8 Å². The summed E-state index contributed by atoms with van der Waals surface area (Å²) in [6.07, 6.45) is 1.68. The summed E-state index contributed by atoms with van der Waals surface area (Å²) in [7, 11) is 0. The summed E-state index contributed by atoms with van der Waals surface area (Å²) >= 11 is 0. The van der Waals surface area contributed by atoms with Gasteiger partial charge < -0.3 is 14.2 Å². The van der Waals surface area contributed by atoms with E-state index in [-0.39, 0.29) is 23.7 Å². The second-order valence-corrected chi connectivity index (χ2v) is 6.43. The number of hydrogen-bond acceptors (Lipinski definition) is 5. The van der Waals surface area contributed by atoms with Crippen LogP contribution in [0.4, 0.5) is 4.39 Å². The van der Waals surface area contributed by atoms with Crippen LogP contribution in [-0.2, 0) is 0 Å².